The quantitative estimate of drug-likeness (QED) is 0.580. The lowest BCUT2D eigenvalue weighted by Crippen LogP contribution is -2.09. The number of benzene rings is 2. The van der Waals surface area contributed by atoms with Gasteiger partial charge in [0, 0.05) is 11.3 Å². The molecule has 0 unspecified atom stereocenters. The van der Waals surface area contributed by atoms with E-state index < -0.39 is 11.8 Å². The molecule has 0 heterocycles. The van der Waals surface area contributed by atoms with Gasteiger partial charge in [0.2, 0.25) is 0 Å². The van der Waals surface area contributed by atoms with Crippen molar-refractivity contribution in [2.45, 2.75) is 33.1 Å². The molecule has 0 aliphatic heterocycles. The predicted octanol–water partition coefficient (Wildman–Crippen LogP) is 3.46. The summed E-state index contributed by atoms with van der Waals surface area (Å²) < 4.78 is 5.95. The normalized spacial score (nSPS) is 12.7. The van der Waals surface area contributed by atoms with E-state index in [4.69, 9.17) is 10.5 Å². The summed E-state index contributed by atoms with van der Waals surface area (Å²) >= 11 is 0. The standard InChI is InChI=1S/C19H19NO5/c1-9-8-13(20)11-4-3-5-12(11)18(9)25-15-7-6-14(22)16(10(2)21)17(15)19(23)24/h6-8,22H,3-5,20H2,1-2H3,(H,23,24). The molecule has 3 rings (SSSR count). The molecule has 6 nitrogen and oxygen atoms in total. The number of hydrogen-bond acceptors (Lipinski definition) is 5. The molecule has 4 N–H and O–H groups in total. The predicted molar refractivity (Wildman–Crippen MR) is 92.8 cm³/mol. The Kier molecular flexibility index (Phi) is 4.12. The highest BCUT2D eigenvalue weighted by molar-refractivity contribution is 6.08. The van der Waals surface area contributed by atoms with Crippen molar-refractivity contribution in [1.29, 1.82) is 0 Å². The molecule has 0 atom stereocenters. The van der Waals surface area contributed by atoms with Crippen LogP contribution in [-0.2, 0) is 12.8 Å². The summed E-state index contributed by atoms with van der Waals surface area (Å²) in [5.74, 6) is -1.65. The van der Waals surface area contributed by atoms with Crippen LogP contribution in [0, 0.1) is 6.92 Å². The van der Waals surface area contributed by atoms with Gasteiger partial charge in [0.1, 0.15) is 22.8 Å². The Labute approximate surface area is 144 Å². The molecule has 0 fully saturated rings. The van der Waals surface area contributed by atoms with Crippen LogP contribution < -0.4 is 10.5 Å². The van der Waals surface area contributed by atoms with Gasteiger partial charge in [-0.2, -0.15) is 0 Å². The Morgan fingerprint density at radius 2 is 1.84 bits per heavy atom. The first-order valence-electron chi connectivity index (χ1n) is 8.00. The number of carbonyl (C=O) groups is 2. The summed E-state index contributed by atoms with van der Waals surface area (Å²) in [7, 11) is 0. The lowest BCUT2D eigenvalue weighted by molar-refractivity contribution is 0.0688. The second-order valence-corrected chi connectivity index (χ2v) is 6.22. The Hall–Kier alpha value is -3.02. The third kappa shape index (κ3) is 2.80. The molecule has 25 heavy (non-hydrogen) atoms. The molecule has 0 bridgehead atoms. The molecule has 0 amide bonds. The van der Waals surface area contributed by atoms with Crippen molar-refractivity contribution in [2.24, 2.45) is 0 Å². The van der Waals surface area contributed by atoms with Gasteiger partial charge in [-0.1, -0.05) is 0 Å². The van der Waals surface area contributed by atoms with Crippen LogP contribution in [0.15, 0.2) is 18.2 Å². The number of carbonyl (C=O) groups excluding carboxylic acids is 1. The van der Waals surface area contributed by atoms with Crippen LogP contribution in [0.25, 0.3) is 0 Å². The van der Waals surface area contributed by atoms with Crippen molar-refractivity contribution in [3.05, 3.63) is 46.0 Å². The van der Waals surface area contributed by atoms with Gasteiger partial charge < -0.3 is 20.7 Å². The zero-order valence-electron chi connectivity index (χ0n) is 14.0. The third-order valence-electron chi connectivity index (χ3n) is 4.49. The highest BCUT2D eigenvalue weighted by Crippen LogP contribution is 2.41. The number of carboxylic acids is 1. The summed E-state index contributed by atoms with van der Waals surface area (Å²) in [5.41, 5.74) is 9.00. The second kappa shape index (κ2) is 6.12. The maximum absolute atomic E-state index is 11.8. The maximum atomic E-state index is 11.8. The largest absolute Gasteiger partial charge is 0.507 e. The van der Waals surface area contributed by atoms with Gasteiger partial charge in [-0.25, -0.2) is 4.79 Å². The number of anilines is 1. The highest BCUT2D eigenvalue weighted by atomic mass is 16.5. The molecule has 6 heteroatoms. The van der Waals surface area contributed by atoms with E-state index in [1.54, 1.807) is 0 Å². The lowest BCUT2D eigenvalue weighted by Gasteiger charge is -2.18. The third-order valence-corrected chi connectivity index (χ3v) is 4.49. The first kappa shape index (κ1) is 16.8. The topological polar surface area (TPSA) is 110 Å². The minimum Gasteiger partial charge on any atom is -0.507 e. The van der Waals surface area contributed by atoms with Gasteiger partial charge >= 0.3 is 5.97 Å². The van der Waals surface area contributed by atoms with Crippen molar-refractivity contribution in [3.63, 3.8) is 0 Å². The van der Waals surface area contributed by atoms with Gasteiger partial charge in [0.05, 0.1) is 5.56 Å². The number of phenolic OH excluding ortho intramolecular Hbond substituents is 1. The van der Waals surface area contributed by atoms with Gasteiger partial charge in [0.15, 0.2) is 5.78 Å². The first-order valence-corrected chi connectivity index (χ1v) is 8.00. The SMILES string of the molecule is CC(=O)c1c(O)ccc(Oc2c(C)cc(N)c3c2CCC3)c1C(=O)O. The Balaban J connectivity index is 2.18. The van der Waals surface area contributed by atoms with Crippen molar-refractivity contribution in [1.82, 2.24) is 0 Å². The minimum atomic E-state index is -1.33. The number of aryl methyl sites for hydroxylation is 1. The van der Waals surface area contributed by atoms with E-state index in [0.717, 1.165) is 36.0 Å². The van der Waals surface area contributed by atoms with Crippen LogP contribution in [-0.4, -0.2) is 22.0 Å². The van der Waals surface area contributed by atoms with Crippen molar-refractivity contribution in [3.8, 4) is 17.2 Å². The molecule has 0 radical (unpaired) electrons. The number of nitrogens with two attached hydrogens (primary N) is 1. The van der Waals surface area contributed by atoms with Gasteiger partial charge in [-0.15, -0.1) is 0 Å². The van der Waals surface area contributed by atoms with Crippen LogP contribution in [0.4, 0.5) is 5.69 Å². The summed E-state index contributed by atoms with van der Waals surface area (Å²) in [6, 6.07) is 4.44. The van der Waals surface area contributed by atoms with Gasteiger partial charge in [0.25, 0.3) is 0 Å². The molecule has 0 saturated heterocycles. The number of ketones is 1. The molecule has 130 valence electrons. The smallest absolute Gasteiger partial charge is 0.340 e. The fourth-order valence-corrected chi connectivity index (χ4v) is 3.42. The van der Waals surface area contributed by atoms with E-state index in [1.165, 1.54) is 19.1 Å². The number of carboxylic acid groups (broad SMARTS) is 1. The molecular weight excluding hydrogens is 322 g/mol. The van der Waals surface area contributed by atoms with Crippen molar-refractivity contribution < 1.29 is 24.5 Å². The van der Waals surface area contributed by atoms with E-state index in [0.29, 0.717) is 11.4 Å². The first-order chi connectivity index (χ1) is 11.8. The zero-order valence-corrected chi connectivity index (χ0v) is 14.0. The summed E-state index contributed by atoms with van der Waals surface area (Å²) in [6.45, 7) is 3.05. The maximum Gasteiger partial charge on any atom is 0.340 e. The number of aromatic carboxylic acids is 1. The van der Waals surface area contributed by atoms with Crippen LogP contribution in [0.1, 0.15) is 50.8 Å². The Morgan fingerprint density at radius 3 is 2.48 bits per heavy atom. The number of aromatic hydroxyl groups is 1. The fourth-order valence-electron chi connectivity index (χ4n) is 3.42. The zero-order chi connectivity index (χ0) is 18.3. The highest BCUT2D eigenvalue weighted by Gasteiger charge is 2.26. The van der Waals surface area contributed by atoms with E-state index in [1.807, 2.05) is 13.0 Å². The molecule has 0 spiro atoms. The van der Waals surface area contributed by atoms with E-state index in [-0.39, 0.29) is 22.6 Å². The van der Waals surface area contributed by atoms with Crippen LogP contribution >= 0.6 is 0 Å². The molecule has 1 aliphatic carbocycles. The number of ether oxygens (including phenoxy) is 1. The molecule has 1 aliphatic rings. The van der Waals surface area contributed by atoms with E-state index >= 15 is 0 Å². The number of phenols is 1. The monoisotopic (exact) mass is 341 g/mol. The molecule has 0 saturated carbocycles. The van der Waals surface area contributed by atoms with Crippen molar-refractivity contribution >= 4 is 17.4 Å². The van der Waals surface area contributed by atoms with Crippen LogP contribution in [0.5, 0.6) is 17.2 Å². The summed E-state index contributed by atoms with van der Waals surface area (Å²) in [4.78, 5) is 23.5. The Morgan fingerprint density at radius 1 is 1.16 bits per heavy atom. The number of rotatable bonds is 4. The molecule has 2 aromatic carbocycles. The van der Waals surface area contributed by atoms with Crippen LogP contribution in [0.2, 0.25) is 0 Å². The van der Waals surface area contributed by atoms with Gasteiger partial charge in [-0.05, 0) is 62.4 Å². The van der Waals surface area contributed by atoms with Crippen LogP contribution in [0.3, 0.4) is 0 Å². The molecule has 0 aromatic heterocycles. The number of fused-ring (bicyclic) bond motifs is 1. The average molecular weight is 341 g/mol. The van der Waals surface area contributed by atoms with Crippen molar-refractivity contribution in [2.75, 3.05) is 5.73 Å². The second-order valence-electron chi connectivity index (χ2n) is 6.22. The Bertz CT molecular complexity index is 901. The average Bonchev–Trinajstić information content (AvgIpc) is 3.01. The summed E-state index contributed by atoms with van der Waals surface area (Å²) in [6.07, 6.45) is 2.62. The number of Topliss-reactive ketones (excluding diaryl/α,β-unsaturated/α-hetero) is 1. The number of hydrogen-bond donors (Lipinski definition) is 3. The molecular formula is C19H19NO5. The molecule has 2 aromatic rings. The van der Waals surface area contributed by atoms with E-state index in [2.05, 4.69) is 0 Å². The van der Waals surface area contributed by atoms with E-state index in [9.17, 15) is 19.8 Å². The van der Waals surface area contributed by atoms with Gasteiger partial charge in [-0.3, -0.25) is 4.79 Å². The minimum absolute atomic E-state index is 0.0254. The number of nitrogen functional groups attached to an aromatic ring is 1. The fraction of sp³-hybridized carbons (Fsp3) is 0.263. The lowest BCUT2D eigenvalue weighted by atomic mass is 10.0. The summed E-state index contributed by atoms with van der Waals surface area (Å²) in [5, 5.41) is 19.4.